The van der Waals surface area contributed by atoms with Gasteiger partial charge in [0.1, 0.15) is 0 Å². The SMILES string of the molecule is CC(C)(N)CNC(=O)CNC(=O)Cc1ccccc1.Cl. The van der Waals surface area contributed by atoms with E-state index in [1.165, 1.54) is 0 Å². The first-order valence-corrected chi connectivity index (χ1v) is 6.23. The second kappa shape index (κ2) is 8.55. The van der Waals surface area contributed by atoms with Gasteiger partial charge in [-0.05, 0) is 19.4 Å². The number of benzene rings is 1. The molecule has 4 N–H and O–H groups in total. The Morgan fingerprint density at radius 1 is 1.10 bits per heavy atom. The van der Waals surface area contributed by atoms with Crippen molar-refractivity contribution in [1.29, 1.82) is 0 Å². The van der Waals surface area contributed by atoms with Gasteiger partial charge in [-0.2, -0.15) is 0 Å². The Bertz CT molecular complexity index is 430. The molecule has 0 aliphatic rings. The number of hydrogen-bond donors (Lipinski definition) is 3. The number of carbonyl (C=O) groups is 2. The molecular weight excluding hydrogens is 278 g/mol. The minimum absolute atomic E-state index is 0. The topological polar surface area (TPSA) is 84.2 Å². The zero-order valence-electron chi connectivity index (χ0n) is 11.8. The molecule has 112 valence electrons. The standard InChI is InChI=1S/C14H21N3O2.ClH/c1-14(2,15)10-17-13(19)9-16-12(18)8-11-6-4-3-5-7-11;/h3-7H,8-10,15H2,1-2H3,(H,16,18)(H,17,19);1H. The van der Waals surface area contributed by atoms with Crippen LogP contribution in [0.15, 0.2) is 30.3 Å². The normalized spacial score (nSPS) is 10.3. The van der Waals surface area contributed by atoms with Gasteiger partial charge in [0.05, 0.1) is 13.0 Å². The minimum atomic E-state index is -0.455. The molecule has 0 aliphatic carbocycles. The lowest BCUT2D eigenvalue weighted by molar-refractivity contribution is -0.125. The first-order valence-electron chi connectivity index (χ1n) is 6.23. The van der Waals surface area contributed by atoms with Gasteiger partial charge in [0.25, 0.3) is 0 Å². The maximum absolute atomic E-state index is 11.6. The molecule has 0 spiro atoms. The summed E-state index contributed by atoms with van der Waals surface area (Å²) in [5.41, 5.74) is 6.21. The molecule has 6 heteroatoms. The second-order valence-electron chi connectivity index (χ2n) is 5.20. The lowest BCUT2D eigenvalue weighted by Gasteiger charge is -2.18. The predicted molar refractivity (Wildman–Crippen MR) is 81.7 cm³/mol. The first-order chi connectivity index (χ1) is 8.87. The van der Waals surface area contributed by atoms with Crippen LogP contribution in [0, 0.1) is 0 Å². The van der Waals surface area contributed by atoms with Gasteiger partial charge in [-0.25, -0.2) is 0 Å². The molecule has 1 aromatic rings. The highest BCUT2D eigenvalue weighted by Gasteiger charge is 2.12. The molecule has 0 heterocycles. The number of hydrogen-bond acceptors (Lipinski definition) is 3. The third-order valence-corrected chi connectivity index (χ3v) is 2.39. The summed E-state index contributed by atoms with van der Waals surface area (Å²) in [6.45, 7) is 3.99. The van der Waals surface area contributed by atoms with E-state index >= 15 is 0 Å². The summed E-state index contributed by atoms with van der Waals surface area (Å²) in [7, 11) is 0. The van der Waals surface area contributed by atoms with Crippen LogP contribution >= 0.6 is 12.4 Å². The van der Waals surface area contributed by atoms with Crippen LogP contribution in [0.2, 0.25) is 0 Å². The predicted octanol–water partition coefficient (Wildman–Crippen LogP) is 0.621. The lowest BCUT2D eigenvalue weighted by Crippen LogP contribution is -2.47. The maximum atomic E-state index is 11.6. The van der Waals surface area contributed by atoms with E-state index in [0.717, 1.165) is 5.56 Å². The van der Waals surface area contributed by atoms with Crippen LogP contribution in [0.1, 0.15) is 19.4 Å². The van der Waals surface area contributed by atoms with Crippen LogP contribution in [0.25, 0.3) is 0 Å². The van der Waals surface area contributed by atoms with Crippen molar-refractivity contribution in [3.05, 3.63) is 35.9 Å². The molecule has 0 atom stereocenters. The molecule has 20 heavy (non-hydrogen) atoms. The molecule has 0 aromatic heterocycles. The van der Waals surface area contributed by atoms with Gasteiger partial charge in [-0.3, -0.25) is 9.59 Å². The molecule has 0 aliphatic heterocycles. The largest absolute Gasteiger partial charge is 0.353 e. The van der Waals surface area contributed by atoms with Gasteiger partial charge in [0, 0.05) is 12.1 Å². The fourth-order valence-electron chi connectivity index (χ4n) is 1.41. The fourth-order valence-corrected chi connectivity index (χ4v) is 1.41. The van der Waals surface area contributed by atoms with Crippen molar-refractivity contribution in [2.24, 2.45) is 5.73 Å². The minimum Gasteiger partial charge on any atom is -0.353 e. The summed E-state index contributed by atoms with van der Waals surface area (Å²) >= 11 is 0. The third kappa shape index (κ3) is 8.50. The Kier molecular flexibility index (Phi) is 7.87. The number of nitrogens with two attached hydrogens (primary N) is 1. The Hall–Kier alpha value is -1.59. The summed E-state index contributed by atoms with van der Waals surface area (Å²) in [5.74, 6) is -0.409. The van der Waals surface area contributed by atoms with Gasteiger partial charge in [-0.15, -0.1) is 12.4 Å². The van der Waals surface area contributed by atoms with Crippen molar-refractivity contribution in [1.82, 2.24) is 10.6 Å². The fraction of sp³-hybridized carbons (Fsp3) is 0.429. The number of amides is 2. The van der Waals surface area contributed by atoms with Crippen molar-refractivity contribution in [2.75, 3.05) is 13.1 Å². The average molecular weight is 300 g/mol. The van der Waals surface area contributed by atoms with Crippen LogP contribution in [-0.2, 0) is 16.0 Å². The smallest absolute Gasteiger partial charge is 0.239 e. The molecule has 1 rings (SSSR count). The molecular formula is C14H22ClN3O2. The zero-order chi connectivity index (χ0) is 14.3. The van der Waals surface area contributed by atoms with Crippen molar-refractivity contribution >= 4 is 24.2 Å². The van der Waals surface area contributed by atoms with E-state index in [1.807, 2.05) is 44.2 Å². The zero-order valence-corrected chi connectivity index (χ0v) is 12.6. The molecule has 0 unspecified atom stereocenters. The maximum Gasteiger partial charge on any atom is 0.239 e. The number of rotatable bonds is 6. The van der Waals surface area contributed by atoms with E-state index in [-0.39, 0.29) is 37.2 Å². The second-order valence-corrected chi connectivity index (χ2v) is 5.20. The Morgan fingerprint density at radius 3 is 2.25 bits per heavy atom. The molecule has 0 bridgehead atoms. The van der Waals surface area contributed by atoms with Crippen LogP contribution in [0.3, 0.4) is 0 Å². The van der Waals surface area contributed by atoms with Gasteiger partial charge >= 0.3 is 0 Å². The lowest BCUT2D eigenvalue weighted by atomic mass is 10.1. The summed E-state index contributed by atoms with van der Waals surface area (Å²) in [4.78, 5) is 23.1. The molecule has 0 fully saturated rings. The van der Waals surface area contributed by atoms with Crippen LogP contribution in [0.5, 0.6) is 0 Å². The van der Waals surface area contributed by atoms with E-state index in [0.29, 0.717) is 6.54 Å². The molecule has 5 nitrogen and oxygen atoms in total. The average Bonchev–Trinajstić information content (AvgIpc) is 2.34. The number of carbonyl (C=O) groups excluding carboxylic acids is 2. The van der Waals surface area contributed by atoms with E-state index in [1.54, 1.807) is 0 Å². The number of nitrogens with one attached hydrogen (secondary N) is 2. The third-order valence-electron chi connectivity index (χ3n) is 2.39. The Morgan fingerprint density at radius 2 is 1.70 bits per heavy atom. The van der Waals surface area contributed by atoms with E-state index in [9.17, 15) is 9.59 Å². The molecule has 0 saturated heterocycles. The van der Waals surface area contributed by atoms with Gasteiger partial charge in [0.2, 0.25) is 11.8 Å². The highest BCUT2D eigenvalue weighted by atomic mass is 35.5. The summed E-state index contributed by atoms with van der Waals surface area (Å²) < 4.78 is 0. The van der Waals surface area contributed by atoms with Gasteiger partial charge in [-0.1, -0.05) is 30.3 Å². The monoisotopic (exact) mass is 299 g/mol. The molecule has 2 amide bonds. The van der Waals surface area contributed by atoms with Crippen molar-refractivity contribution in [2.45, 2.75) is 25.8 Å². The van der Waals surface area contributed by atoms with Crippen molar-refractivity contribution in [3.63, 3.8) is 0 Å². The van der Waals surface area contributed by atoms with E-state index < -0.39 is 5.54 Å². The van der Waals surface area contributed by atoms with E-state index in [4.69, 9.17) is 5.73 Å². The first kappa shape index (κ1) is 18.4. The molecule has 0 saturated carbocycles. The quantitative estimate of drug-likeness (QED) is 0.720. The Labute approximate surface area is 125 Å². The van der Waals surface area contributed by atoms with E-state index in [2.05, 4.69) is 10.6 Å². The summed E-state index contributed by atoms with van der Waals surface area (Å²) in [5, 5.41) is 5.24. The highest BCUT2D eigenvalue weighted by molar-refractivity contribution is 5.86. The Balaban J connectivity index is 0.00000361. The summed E-state index contributed by atoms with van der Waals surface area (Å²) in [6.07, 6.45) is 0.274. The van der Waals surface area contributed by atoms with Gasteiger partial charge < -0.3 is 16.4 Å². The van der Waals surface area contributed by atoms with Crippen LogP contribution in [-0.4, -0.2) is 30.4 Å². The molecule has 1 aromatic carbocycles. The van der Waals surface area contributed by atoms with Crippen molar-refractivity contribution < 1.29 is 9.59 Å². The van der Waals surface area contributed by atoms with Crippen LogP contribution < -0.4 is 16.4 Å². The van der Waals surface area contributed by atoms with Gasteiger partial charge in [0.15, 0.2) is 0 Å². The highest BCUT2D eigenvalue weighted by Crippen LogP contribution is 1.98. The molecule has 0 radical (unpaired) electrons. The van der Waals surface area contributed by atoms with Crippen LogP contribution in [0.4, 0.5) is 0 Å². The summed E-state index contributed by atoms with van der Waals surface area (Å²) in [6, 6.07) is 9.38. The number of halogens is 1. The van der Waals surface area contributed by atoms with Crippen molar-refractivity contribution in [3.8, 4) is 0 Å².